The van der Waals surface area contributed by atoms with E-state index in [4.69, 9.17) is 4.74 Å². The highest BCUT2D eigenvalue weighted by Crippen LogP contribution is 2.32. The number of amides is 2. The summed E-state index contributed by atoms with van der Waals surface area (Å²) >= 11 is 1.54. The van der Waals surface area contributed by atoms with Gasteiger partial charge < -0.3 is 15.4 Å². The summed E-state index contributed by atoms with van der Waals surface area (Å²) in [5.74, 6) is 1.20. The topological polar surface area (TPSA) is 67.4 Å². The molecule has 5 nitrogen and oxygen atoms in total. The molecule has 1 aromatic heterocycles. The zero-order valence-corrected chi connectivity index (χ0v) is 19.6. The molecule has 0 atom stereocenters. The summed E-state index contributed by atoms with van der Waals surface area (Å²) in [5.41, 5.74) is 3.56. The van der Waals surface area contributed by atoms with Crippen LogP contribution in [0.5, 0.6) is 5.75 Å². The van der Waals surface area contributed by atoms with Crippen LogP contribution in [0.2, 0.25) is 0 Å². The zero-order chi connectivity index (χ0) is 22.9. The van der Waals surface area contributed by atoms with Gasteiger partial charge in [-0.25, -0.2) is 0 Å². The van der Waals surface area contributed by atoms with Crippen molar-refractivity contribution in [1.82, 2.24) is 10.6 Å². The largest absolute Gasteiger partial charge is 0.497 e. The van der Waals surface area contributed by atoms with Crippen molar-refractivity contribution in [2.45, 2.75) is 33.2 Å². The molecular formula is C26H30N2O3S. The van der Waals surface area contributed by atoms with Gasteiger partial charge in [-0.2, -0.15) is 0 Å². The quantitative estimate of drug-likeness (QED) is 0.454. The van der Waals surface area contributed by atoms with Crippen LogP contribution in [0.1, 0.15) is 41.8 Å². The summed E-state index contributed by atoms with van der Waals surface area (Å²) in [7, 11) is 1.62. The van der Waals surface area contributed by atoms with Crippen molar-refractivity contribution in [3.63, 3.8) is 0 Å². The summed E-state index contributed by atoms with van der Waals surface area (Å²) in [6, 6.07) is 17.2. The maximum absolute atomic E-state index is 12.7. The molecule has 0 saturated heterocycles. The van der Waals surface area contributed by atoms with Crippen molar-refractivity contribution in [1.29, 1.82) is 0 Å². The summed E-state index contributed by atoms with van der Waals surface area (Å²) in [5, 5.41) is 7.96. The Labute approximate surface area is 193 Å². The number of methoxy groups -OCH3 is 1. The standard InChI is InChI=1S/C26H30N2O3S/c1-18(2)12-14-27-26(30)23-13-15-32-25(23)22-7-5-4-6-20(22)17-28-24(29)16-19-8-10-21(31-3)11-9-19/h4-11,13,15,18H,12,14,16-17H2,1-3H3,(H,27,30)(H,28,29). The first-order valence-corrected chi connectivity index (χ1v) is 11.7. The fourth-order valence-corrected chi connectivity index (χ4v) is 4.30. The third-order valence-electron chi connectivity index (χ3n) is 5.18. The van der Waals surface area contributed by atoms with E-state index >= 15 is 0 Å². The van der Waals surface area contributed by atoms with Gasteiger partial charge in [-0.3, -0.25) is 9.59 Å². The molecule has 32 heavy (non-hydrogen) atoms. The maximum atomic E-state index is 12.7. The lowest BCUT2D eigenvalue weighted by Crippen LogP contribution is -2.26. The predicted octanol–water partition coefficient (Wildman–Crippen LogP) is 5.06. The molecule has 2 aromatic carbocycles. The first-order valence-electron chi connectivity index (χ1n) is 10.8. The van der Waals surface area contributed by atoms with E-state index < -0.39 is 0 Å². The molecule has 0 unspecified atom stereocenters. The van der Waals surface area contributed by atoms with Gasteiger partial charge in [0.1, 0.15) is 5.75 Å². The Hall–Kier alpha value is -3.12. The van der Waals surface area contributed by atoms with Gasteiger partial charge in [0.05, 0.1) is 19.1 Å². The Bertz CT molecular complexity index is 1040. The van der Waals surface area contributed by atoms with Gasteiger partial charge >= 0.3 is 0 Å². The van der Waals surface area contributed by atoms with Crippen LogP contribution in [0, 0.1) is 5.92 Å². The summed E-state index contributed by atoms with van der Waals surface area (Å²) in [6.45, 7) is 5.34. The fraction of sp³-hybridized carbons (Fsp3) is 0.308. The minimum atomic E-state index is -0.0553. The smallest absolute Gasteiger partial charge is 0.252 e. The number of thiophene rings is 1. The lowest BCUT2D eigenvalue weighted by molar-refractivity contribution is -0.120. The number of rotatable bonds is 10. The second-order valence-electron chi connectivity index (χ2n) is 8.06. The third kappa shape index (κ3) is 6.44. The Kier molecular flexibility index (Phi) is 8.45. The van der Waals surface area contributed by atoms with Crippen molar-refractivity contribution in [2.24, 2.45) is 5.92 Å². The molecule has 0 saturated carbocycles. The molecule has 0 bridgehead atoms. The number of ether oxygens (including phenoxy) is 1. The van der Waals surface area contributed by atoms with E-state index in [1.165, 1.54) is 11.3 Å². The Morgan fingerprint density at radius 2 is 1.75 bits per heavy atom. The Morgan fingerprint density at radius 3 is 2.47 bits per heavy atom. The van der Waals surface area contributed by atoms with E-state index in [2.05, 4.69) is 24.5 Å². The van der Waals surface area contributed by atoms with Crippen LogP contribution in [0.4, 0.5) is 0 Å². The molecule has 0 fully saturated rings. The SMILES string of the molecule is COc1ccc(CC(=O)NCc2ccccc2-c2sccc2C(=O)NCCC(C)C)cc1. The van der Waals surface area contributed by atoms with Crippen LogP contribution in [0.25, 0.3) is 10.4 Å². The summed E-state index contributed by atoms with van der Waals surface area (Å²) in [6.07, 6.45) is 1.25. The molecule has 0 aliphatic heterocycles. The highest BCUT2D eigenvalue weighted by atomic mass is 32.1. The van der Waals surface area contributed by atoms with Crippen molar-refractivity contribution in [3.05, 3.63) is 76.7 Å². The number of carbonyl (C=O) groups excluding carboxylic acids is 2. The number of benzene rings is 2. The minimum Gasteiger partial charge on any atom is -0.497 e. The van der Waals surface area contributed by atoms with Crippen LogP contribution < -0.4 is 15.4 Å². The Balaban J connectivity index is 1.67. The highest BCUT2D eigenvalue weighted by molar-refractivity contribution is 7.14. The second-order valence-corrected chi connectivity index (χ2v) is 8.98. The number of hydrogen-bond acceptors (Lipinski definition) is 4. The van der Waals surface area contributed by atoms with Crippen LogP contribution in [0.3, 0.4) is 0 Å². The van der Waals surface area contributed by atoms with E-state index in [1.807, 2.05) is 60.0 Å². The van der Waals surface area contributed by atoms with E-state index in [0.717, 1.165) is 33.7 Å². The van der Waals surface area contributed by atoms with Crippen LogP contribution >= 0.6 is 11.3 Å². The lowest BCUT2D eigenvalue weighted by atomic mass is 10.0. The van der Waals surface area contributed by atoms with Crippen LogP contribution in [0.15, 0.2) is 60.0 Å². The normalized spacial score (nSPS) is 10.8. The first kappa shape index (κ1) is 23.5. The van der Waals surface area contributed by atoms with Crippen molar-refractivity contribution in [2.75, 3.05) is 13.7 Å². The van der Waals surface area contributed by atoms with E-state index in [0.29, 0.717) is 31.0 Å². The van der Waals surface area contributed by atoms with Crippen molar-refractivity contribution in [3.8, 4) is 16.2 Å². The van der Waals surface area contributed by atoms with Gasteiger partial charge in [0.25, 0.3) is 5.91 Å². The maximum Gasteiger partial charge on any atom is 0.252 e. The summed E-state index contributed by atoms with van der Waals surface area (Å²) in [4.78, 5) is 26.1. The number of nitrogens with one attached hydrogen (secondary N) is 2. The molecule has 0 aliphatic rings. The molecule has 0 aliphatic carbocycles. The molecule has 3 aromatic rings. The molecule has 2 amide bonds. The zero-order valence-electron chi connectivity index (χ0n) is 18.8. The molecule has 3 rings (SSSR count). The van der Waals surface area contributed by atoms with Crippen molar-refractivity contribution >= 4 is 23.2 Å². The summed E-state index contributed by atoms with van der Waals surface area (Å²) < 4.78 is 5.16. The highest BCUT2D eigenvalue weighted by Gasteiger charge is 2.17. The van der Waals surface area contributed by atoms with Crippen LogP contribution in [-0.4, -0.2) is 25.5 Å². The molecule has 0 radical (unpaired) electrons. The van der Waals surface area contributed by atoms with E-state index in [-0.39, 0.29) is 11.8 Å². The number of hydrogen-bond donors (Lipinski definition) is 2. The molecule has 0 spiro atoms. The average molecular weight is 451 g/mol. The van der Waals surface area contributed by atoms with Crippen LogP contribution in [-0.2, 0) is 17.8 Å². The second kappa shape index (κ2) is 11.5. The van der Waals surface area contributed by atoms with Gasteiger partial charge in [0.15, 0.2) is 0 Å². The monoisotopic (exact) mass is 450 g/mol. The van der Waals surface area contributed by atoms with Gasteiger partial charge in [0.2, 0.25) is 5.91 Å². The molecule has 1 heterocycles. The minimum absolute atomic E-state index is 0.0530. The number of carbonyl (C=O) groups is 2. The average Bonchev–Trinajstić information content (AvgIpc) is 3.28. The van der Waals surface area contributed by atoms with Crippen molar-refractivity contribution < 1.29 is 14.3 Å². The van der Waals surface area contributed by atoms with Gasteiger partial charge in [-0.05, 0) is 52.6 Å². The predicted molar refractivity (Wildman–Crippen MR) is 130 cm³/mol. The van der Waals surface area contributed by atoms with Gasteiger partial charge in [-0.15, -0.1) is 11.3 Å². The third-order valence-corrected chi connectivity index (χ3v) is 6.13. The molecular weight excluding hydrogens is 420 g/mol. The first-order chi connectivity index (χ1) is 15.5. The van der Waals surface area contributed by atoms with E-state index in [9.17, 15) is 9.59 Å². The van der Waals surface area contributed by atoms with E-state index in [1.54, 1.807) is 7.11 Å². The fourth-order valence-electron chi connectivity index (χ4n) is 3.35. The van der Waals surface area contributed by atoms with Gasteiger partial charge in [-0.1, -0.05) is 50.2 Å². The molecule has 6 heteroatoms. The Morgan fingerprint density at radius 1 is 1.00 bits per heavy atom. The molecule has 2 N–H and O–H groups in total. The lowest BCUT2D eigenvalue weighted by Gasteiger charge is -2.12. The van der Waals surface area contributed by atoms with Gasteiger partial charge in [0, 0.05) is 18.0 Å². The molecule has 168 valence electrons.